The highest BCUT2D eigenvalue weighted by Gasteiger charge is 2.37. The predicted octanol–water partition coefficient (Wildman–Crippen LogP) is 2.18. The first-order chi connectivity index (χ1) is 10.0. The van der Waals surface area contributed by atoms with Gasteiger partial charge in [0.15, 0.2) is 5.54 Å². The van der Waals surface area contributed by atoms with Crippen LogP contribution in [0.15, 0.2) is 30.3 Å². The van der Waals surface area contributed by atoms with Gasteiger partial charge in [0.1, 0.15) is 0 Å². The minimum absolute atomic E-state index is 0.109. The summed E-state index contributed by atoms with van der Waals surface area (Å²) in [4.78, 5) is 23.7. The van der Waals surface area contributed by atoms with E-state index in [0.29, 0.717) is 5.56 Å². The van der Waals surface area contributed by atoms with Crippen LogP contribution in [0.4, 0.5) is 4.79 Å². The number of thioether (sulfide) groups is 1. The second-order valence-electron chi connectivity index (χ2n) is 5.31. The smallest absolute Gasteiger partial charge is 0.333 e. The van der Waals surface area contributed by atoms with E-state index in [2.05, 4.69) is 10.6 Å². The molecule has 3 N–H and O–H groups in total. The molecule has 114 valence electrons. The summed E-state index contributed by atoms with van der Waals surface area (Å²) >= 11 is 1.81. The van der Waals surface area contributed by atoms with Crippen LogP contribution in [-0.4, -0.2) is 34.7 Å². The maximum atomic E-state index is 12.1. The van der Waals surface area contributed by atoms with Crippen molar-refractivity contribution in [2.24, 2.45) is 0 Å². The summed E-state index contributed by atoms with van der Waals surface area (Å²) in [6, 6.07) is 8.40. The summed E-state index contributed by atoms with van der Waals surface area (Å²) in [5.41, 5.74) is -0.890. The Morgan fingerprint density at radius 1 is 1.33 bits per heavy atom. The first-order valence-corrected chi connectivity index (χ1v) is 8.13. The minimum atomic E-state index is -1.44. The molecule has 2 unspecified atom stereocenters. The second kappa shape index (κ2) is 6.85. The molecule has 1 heterocycles. The van der Waals surface area contributed by atoms with E-state index in [9.17, 15) is 14.7 Å². The van der Waals surface area contributed by atoms with E-state index in [1.54, 1.807) is 36.0 Å². The number of carbonyl (C=O) groups excluding carboxylic acids is 1. The molecule has 6 heteroatoms. The van der Waals surface area contributed by atoms with Crippen molar-refractivity contribution in [3.8, 4) is 0 Å². The van der Waals surface area contributed by atoms with Crippen molar-refractivity contribution >= 4 is 23.8 Å². The number of hydrogen-bond acceptors (Lipinski definition) is 3. The van der Waals surface area contributed by atoms with Gasteiger partial charge in [-0.2, -0.15) is 11.8 Å². The molecule has 5 nitrogen and oxygen atoms in total. The van der Waals surface area contributed by atoms with Crippen molar-refractivity contribution in [1.82, 2.24) is 10.6 Å². The third-order valence-electron chi connectivity index (χ3n) is 3.64. The van der Waals surface area contributed by atoms with Gasteiger partial charge >= 0.3 is 12.0 Å². The van der Waals surface area contributed by atoms with Crippen molar-refractivity contribution in [2.75, 3.05) is 11.5 Å². The van der Waals surface area contributed by atoms with Crippen molar-refractivity contribution in [2.45, 2.75) is 31.3 Å². The fraction of sp³-hybridized carbons (Fsp3) is 0.467. The standard InChI is InChI=1S/C15H20N2O3S/c1-15(13(18)19,11-6-3-2-4-7-11)17-14(20)16-12-8-5-9-21-10-12/h2-4,6-7,12H,5,8-10H2,1H3,(H,18,19)(H2,16,17,20). The first-order valence-electron chi connectivity index (χ1n) is 6.98. The molecule has 1 aliphatic rings. The lowest BCUT2D eigenvalue weighted by Gasteiger charge is -2.29. The fourth-order valence-electron chi connectivity index (χ4n) is 2.32. The van der Waals surface area contributed by atoms with Gasteiger partial charge in [-0.25, -0.2) is 9.59 Å². The summed E-state index contributed by atoms with van der Waals surface area (Å²) in [6.45, 7) is 1.50. The van der Waals surface area contributed by atoms with E-state index < -0.39 is 17.5 Å². The first kappa shape index (κ1) is 15.7. The number of carbonyl (C=O) groups is 2. The lowest BCUT2D eigenvalue weighted by atomic mass is 9.92. The third kappa shape index (κ3) is 3.91. The van der Waals surface area contributed by atoms with Crippen LogP contribution >= 0.6 is 11.8 Å². The average Bonchev–Trinajstić information content (AvgIpc) is 2.48. The second-order valence-corrected chi connectivity index (χ2v) is 6.46. The van der Waals surface area contributed by atoms with Crippen LogP contribution in [0.1, 0.15) is 25.3 Å². The highest BCUT2D eigenvalue weighted by molar-refractivity contribution is 7.99. The number of carboxylic acid groups (broad SMARTS) is 1. The van der Waals surface area contributed by atoms with E-state index in [1.807, 2.05) is 6.07 Å². The molecule has 1 aromatic rings. The molecular formula is C15H20N2O3S. The zero-order valence-electron chi connectivity index (χ0n) is 12.0. The summed E-state index contributed by atoms with van der Waals surface area (Å²) in [7, 11) is 0. The molecule has 0 aliphatic carbocycles. The van der Waals surface area contributed by atoms with Gasteiger partial charge in [0.2, 0.25) is 0 Å². The molecule has 0 bridgehead atoms. The zero-order chi connectivity index (χ0) is 15.3. The van der Waals surface area contributed by atoms with Gasteiger partial charge in [-0.15, -0.1) is 0 Å². The van der Waals surface area contributed by atoms with Crippen molar-refractivity contribution in [1.29, 1.82) is 0 Å². The number of urea groups is 1. The van der Waals surface area contributed by atoms with E-state index in [0.717, 1.165) is 24.3 Å². The zero-order valence-corrected chi connectivity index (χ0v) is 12.8. The molecule has 1 fully saturated rings. The van der Waals surface area contributed by atoms with E-state index >= 15 is 0 Å². The minimum Gasteiger partial charge on any atom is -0.479 e. The topological polar surface area (TPSA) is 78.4 Å². The van der Waals surface area contributed by atoms with Crippen LogP contribution in [0.3, 0.4) is 0 Å². The fourth-order valence-corrected chi connectivity index (χ4v) is 3.40. The van der Waals surface area contributed by atoms with Gasteiger partial charge in [-0.3, -0.25) is 0 Å². The Morgan fingerprint density at radius 3 is 2.62 bits per heavy atom. The number of carboxylic acids is 1. The number of nitrogens with one attached hydrogen (secondary N) is 2. The Labute approximate surface area is 128 Å². The Kier molecular flexibility index (Phi) is 5.12. The van der Waals surface area contributed by atoms with E-state index in [4.69, 9.17) is 0 Å². The number of rotatable bonds is 4. The van der Waals surface area contributed by atoms with Gasteiger partial charge in [0.05, 0.1) is 0 Å². The molecule has 2 atom stereocenters. The lowest BCUT2D eigenvalue weighted by molar-refractivity contribution is -0.144. The van der Waals surface area contributed by atoms with Crippen molar-refractivity contribution in [3.05, 3.63) is 35.9 Å². The molecule has 0 aromatic heterocycles. The number of hydrogen-bond donors (Lipinski definition) is 3. The van der Waals surface area contributed by atoms with Gasteiger partial charge in [0, 0.05) is 11.8 Å². The Morgan fingerprint density at radius 2 is 2.05 bits per heavy atom. The van der Waals surface area contributed by atoms with Crippen LogP contribution in [0, 0.1) is 0 Å². The van der Waals surface area contributed by atoms with Crippen LogP contribution in [0.5, 0.6) is 0 Å². The monoisotopic (exact) mass is 308 g/mol. The van der Waals surface area contributed by atoms with Crippen LogP contribution in [-0.2, 0) is 10.3 Å². The van der Waals surface area contributed by atoms with E-state index in [1.165, 1.54) is 6.92 Å². The van der Waals surface area contributed by atoms with Gasteiger partial charge in [0.25, 0.3) is 0 Å². The molecule has 2 rings (SSSR count). The van der Waals surface area contributed by atoms with E-state index in [-0.39, 0.29) is 6.04 Å². The molecule has 21 heavy (non-hydrogen) atoms. The third-order valence-corrected chi connectivity index (χ3v) is 4.85. The summed E-state index contributed by atoms with van der Waals surface area (Å²) < 4.78 is 0. The Hall–Kier alpha value is -1.69. The van der Waals surface area contributed by atoms with Crippen LogP contribution in [0.25, 0.3) is 0 Å². The average molecular weight is 308 g/mol. The maximum Gasteiger partial charge on any atom is 0.333 e. The van der Waals surface area contributed by atoms with Crippen LogP contribution < -0.4 is 10.6 Å². The van der Waals surface area contributed by atoms with Crippen molar-refractivity contribution in [3.63, 3.8) is 0 Å². The number of aliphatic carboxylic acids is 1. The molecule has 0 radical (unpaired) electrons. The summed E-state index contributed by atoms with van der Waals surface area (Å²) in [5.74, 6) is 0.918. The molecule has 0 spiro atoms. The largest absolute Gasteiger partial charge is 0.479 e. The molecule has 1 aliphatic heterocycles. The summed E-state index contributed by atoms with van der Waals surface area (Å²) in [6.07, 6.45) is 2.01. The van der Waals surface area contributed by atoms with Gasteiger partial charge < -0.3 is 15.7 Å². The molecule has 2 amide bonds. The Balaban J connectivity index is 2.05. The molecular weight excluding hydrogens is 288 g/mol. The predicted molar refractivity (Wildman–Crippen MR) is 83.4 cm³/mol. The highest BCUT2D eigenvalue weighted by atomic mass is 32.2. The SMILES string of the molecule is CC(NC(=O)NC1CCCSC1)(C(=O)O)c1ccccc1. The quantitative estimate of drug-likeness (QED) is 0.796. The maximum absolute atomic E-state index is 12.1. The lowest BCUT2D eigenvalue weighted by Crippen LogP contribution is -2.55. The normalized spacial score (nSPS) is 21.1. The van der Waals surface area contributed by atoms with Crippen molar-refractivity contribution < 1.29 is 14.7 Å². The Bertz CT molecular complexity index is 503. The number of amides is 2. The highest BCUT2D eigenvalue weighted by Crippen LogP contribution is 2.21. The molecule has 1 aromatic carbocycles. The molecule has 1 saturated heterocycles. The van der Waals surface area contributed by atoms with Gasteiger partial charge in [-0.1, -0.05) is 30.3 Å². The molecule has 0 saturated carbocycles. The van der Waals surface area contributed by atoms with Gasteiger partial charge in [-0.05, 0) is 31.1 Å². The number of benzene rings is 1. The van der Waals surface area contributed by atoms with Crippen LogP contribution in [0.2, 0.25) is 0 Å². The summed E-state index contributed by atoms with van der Waals surface area (Å²) in [5, 5.41) is 15.0.